The lowest BCUT2D eigenvalue weighted by Crippen LogP contribution is -2.24. The zero-order valence-electron chi connectivity index (χ0n) is 25.2. The van der Waals surface area contributed by atoms with Gasteiger partial charge in [-0.15, -0.1) is 0 Å². The van der Waals surface area contributed by atoms with Gasteiger partial charge in [0.2, 0.25) is 0 Å². The Morgan fingerprint density at radius 2 is 0.810 bits per heavy atom. The van der Waals surface area contributed by atoms with E-state index in [-0.39, 0.29) is 0 Å². The Bertz CT molecular complexity index is 1270. The predicted molar refractivity (Wildman–Crippen MR) is 164 cm³/mol. The van der Waals surface area contributed by atoms with Gasteiger partial charge in [-0.05, 0) is 133 Å². The van der Waals surface area contributed by atoms with Gasteiger partial charge in [0.15, 0.2) is 23.3 Å². The van der Waals surface area contributed by atoms with Crippen molar-refractivity contribution in [1.82, 2.24) is 0 Å². The van der Waals surface area contributed by atoms with Crippen molar-refractivity contribution in [2.24, 2.45) is 23.7 Å². The van der Waals surface area contributed by atoms with Crippen molar-refractivity contribution < 1.29 is 17.6 Å². The minimum absolute atomic E-state index is 0.430. The molecule has 0 amide bonds. The number of rotatable bonds is 4. The molecule has 0 unspecified atom stereocenters. The van der Waals surface area contributed by atoms with Crippen LogP contribution in [0.25, 0.3) is 11.1 Å². The van der Waals surface area contributed by atoms with Crippen LogP contribution in [0.5, 0.6) is 0 Å². The van der Waals surface area contributed by atoms with Gasteiger partial charge in [0.1, 0.15) is 0 Å². The highest BCUT2D eigenvalue weighted by molar-refractivity contribution is 5.63. The van der Waals surface area contributed by atoms with E-state index in [0.29, 0.717) is 11.8 Å². The van der Waals surface area contributed by atoms with Crippen LogP contribution in [0.2, 0.25) is 0 Å². The van der Waals surface area contributed by atoms with Crippen LogP contribution in [0.3, 0.4) is 0 Å². The Morgan fingerprint density at radius 3 is 1.36 bits per heavy atom. The quantitative estimate of drug-likeness (QED) is 0.270. The van der Waals surface area contributed by atoms with E-state index in [0.717, 1.165) is 53.2 Å². The summed E-state index contributed by atoms with van der Waals surface area (Å²) in [4.78, 5) is 0. The lowest BCUT2D eigenvalue weighted by molar-refractivity contribution is 0.165. The van der Waals surface area contributed by atoms with Crippen LogP contribution >= 0.6 is 0 Å². The summed E-state index contributed by atoms with van der Waals surface area (Å²) in [5.74, 6) is 1.62. The van der Waals surface area contributed by atoms with Gasteiger partial charge in [0.25, 0.3) is 0 Å². The molecule has 0 nitrogen and oxygen atoms in total. The van der Waals surface area contributed by atoms with Crippen LogP contribution in [0, 0.1) is 46.9 Å². The first-order valence-electron chi connectivity index (χ1n) is 16.3. The topological polar surface area (TPSA) is 0 Å². The van der Waals surface area contributed by atoms with Crippen molar-refractivity contribution in [3.8, 4) is 11.1 Å². The van der Waals surface area contributed by atoms with Crippen LogP contribution in [0.4, 0.5) is 17.6 Å². The largest absolute Gasteiger partial charge is 0.204 e. The molecule has 0 N–H and O–H groups in total. The molecule has 0 saturated heterocycles. The average molecular weight is 579 g/mol. The van der Waals surface area contributed by atoms with Crippen molar-refractivity contribution in [2.45, 2.75) is 103 Å². The second-order valence-corrected chi connectivity index (χ2v) is 13.5. The summed E-state index contributed by atoms with van der Waals surface area (Å²) in [5.41, 5.74) is 4.01. The molecule has 3 fully saturated rings. The van der Waals surface area contributed by atoms with E-state index in [1.165, 1.54) is 94.0 Å². The minimum Gasteiger partial charge on any atom is -0.204 e. The van der Waals surface area contributed by atoms with Crippen LogP contribution < -0.4 is 0 Å². The molecule has 3 aromatic carbocycles. The highest BCUT2D eigenvalue weighted by Crippen LogP contribution is 2.44. The van der Waals surface area contributed by atoms with E-state index in [4.69, 9.17) is 0 Å². The normalized spacial score (nSPS) is 28.0. The van der Waals surface area contributed by atoms with Gasteiger partial charge in [-0.1, -0.05) is 75.9 Å². The van der Waals surface area contributed by atoms with Gasteiger partial charge in [-0.3, -0.25) is 0 Å². The third-order valence-corrected chi connectivity index (χ3v) is 10.6. The monoisotopic (exact) mass is 578 g/mol. The smallest absolute Gasteiger partial charge is 0.159 e. The maximum atomic E-state index is 13.4. The van der Waals surface area contributed by atoms with Crippen molar-refractivity contribution in [1.29, 1.82) is 0 Å². The first-order chi connectivity index (χ1) is 20.3. The second-order valence-electron chi connectivity index (χ2n) is 13.5. The summed E-state index contributed by atoms with van der Waals surface area (Å²) in [6, 6.07) is 16.8. The molecule has 3 aliphatic carbocycles. The molecule has 0 spiro atoms. The number of hydrogen-bond acceptors (Lipinski definition) is 0. The maximum absolute atomic E-state index is 13.4. The highest BCUT2D eigenvalue weighted by atomic mass is 19.2. The summed E-state index contributed by atoms with van der Waals surface area (Å²) >= 11 is 0. The molecule has 3 aromatic rings. The molecule has 42 heavy (non-hydrogen) atoms. The molecule has 0 aromatic heterocycles. The van der Waals surface area contributed by atoms with Crippen molar-refractivity contribution in [3.63, 3.8) is 0 Å². The van der Waals surface area contributed by atoms with E-state index in [1.807, 2.05) is 12.1 Å². The number of hydrogen-bond donors (Lipinski definition) is 0. The first kappa shape index (κ1) is 30.8. The number of benzene rings is 3. The summed E-state index contributed by atoms with van der Waals surface area (Å²) in [5, 5.41) is 0. The zero-order valence-corrected chi connectivity index (χ0v) is 25.2. The molecular weight excluding hydrogens is 532 g/mol. The maximum Gasteiger partial charge on any atom is 0.159 e. The van der Waals surface area contributed by atoms with E-state index < -0.39 is 23.3 Å². The molecule has 6 rings (SSSR count). The van der Waals surface area contributed by atoms with Crippen LogP contribution in [0.1, 0.15) is 114 Å². The molecular formula is C38H46F4. The highest BCUT2D eigenvalue weighted by Gasteiger charge is 2.30. The third kappa shape index (κ3) is 7.85. The Balaban J connectivity index is 0.000000168. The number of halogens is 4. The lowest BCUT2D eigenvalue weighted by atomic mass is 9.68. The van der Waals surface area contributed by atoms with Gasteiger partial charge < -0.3 is 0 Å². The predicted octanol–water partition coefficient (Wildman–Crippen LogP) is 12.0. The Hall–Kier alpha value is -2.62. The molecule has 3 saturated carbocycles. The van der Waals surface area contributed by atoms with E-state index in [1.54, 1.807) is 12.1 Å². The molecule has 226 valence electrons. The van der Waals surface area contributed by atoms with E-state index in [9.17, 15) is 17.6 Å². The molecule has 0 bridgehead atoms. The van der Waals surface area contributed by atoms with E-state index in [2.05, 4.69) is 26.0 Å². The third-order valence-electron chi connectivity index (χ3n) is 10.6. The van der Waals surface area contributed by atoms with Crippen molar-refractivity contribution in [2.75, 3.05) is 0 Å². The van der Waals surface area contributed by atoms with Crippen molar-refractivity contribution >= 4 is 0 Å². The van der Waals surface area contributed by atoms with Gasteiger partial charge >= 0.3 is 0 Å². The Labute approximate surface area is 249 Å². The zero-order chi connectivity index (χ0) is 29.6. The fourth-order valence-corrected chi connectivity index (χ4v) is 7.66. The summed E-state index contributed by atoms with van der Waals surface area (Å²) < 4.78 is 52.7. The van der Waals surface area contributed by atoms with Crippen LogP contribution in [-0.4, -0.2) is 0 Å². The Morgan fingerprint density at radius 1 is 0.405 bits per heavy atom. The summed E-state index contributed by atoms with van der Waals surface area (Å²) in [6.07, 6.45) is 15.5. The minimum atomic E-state index is -0.799. The van der Waals surface area contributed by atoms with Gasteiger partial charge in [-0.25, -0.2) is 17.6 Å². The molecule has 3 aliphatic rings. The standard InChI is InChI=1S/C19H26F2.C19H20F2/c2*1-13-2-4-14(5-3-13)15-6-8-16(9-7-15)17-10-11-18(20)19(21)12-17/h10-16H,2-9H2,1H3;6-14H,2-5H2,1H3. The lowest BCUT2D eigenvalue weighted by Gasteiger charge is -2.37. The van der Waals surface area contributed by atoms with E-state index >= 15 is 0 Å². The fraction of sp³-hybridized carbons (Fsp3) is 0.526. The van der Waals surface area contributed by atoms with Crippen LogP contribution in [0.15, 0.2) is 60.7 Å². The SMILES string of the molecule is CC1CCC(C2CCC(c3ccc(F)c(F)c3)CC2)CC1.CC1CCC(c2ccc(-c3ccc(F)c(F)c3)cc2)CC1. The summed E-state index contributed by atoms with van der Waals surface area (Å²) in [6.45, 7) is 4.69. The average Bonchev–Trinajstić information content (AvgIpc) is 3.01. The Kier molecular flexibility index (Phi) is 10.4. The molecule has 0 radical (unpaired) electrons. The van der Waals surface area contributed by atoms with Gasteiger partial charge in [-0.2, -0.15) is 0 Å². The van der Waals surface area contributed by atoms with Crippen molar-refractivity contribution in [3.05, 3.63) is 95.1 Å². The first-order valence-corrected chi connectivity index (χ1v) is 16.3. The molecule has 0 aliphatic heterocycles. The molecule has 0 atom stereocenters. The van der Waals surface area contributed by atoms with Crippen LogP contribution in [-0.2, 0) is 0 Å². The summed E-state index contributed by atoms with van der Waals surface area (Å²) in [7, 11) is 0. The van der Waals surface area contributed by atoms with Gasteiger partial charge in [0, 0.05) is 0 Å². The second kappa shape index (κ2) is 14.2. The van der Waals surface area contributed by atoms with Gasteiger partial charge in [0.05, 0.1) is 0 Å². The molecule has 4 heteroatoms. The molecule has 0 heterocycles. The fourth-order valence-electron chi connectivity index (χ4n) is 7.66.